The maximum absolute atomic E-state index is 5.67. The Bertz CT molecular complexity index is 8870. The lowest BCUT2D eigenvalue weighted by Crippen LogP contribution is -1.98. The lowest BCUT2D eigenvalue weighted by molar-refractivity contribution is 0.931. The minimum Gasteiger partial charge on any atom is -0.256 e. The van der Waals surface area contributed by atoms with Crippen molar-refractivity contribution in [2.45, 2.75) is 78.6 Å². The van der Waals surface area contributed by atoms with Crippen LogP contribution < -0.4 is 0 Å². The summed E-state index contributed by atoms with van der Waals surface area (Å²) in [5.74, 6) is 0. The first-order valence-corrected chi connectivity index (χ1v) is 52.0. The van der Waals surface area contributed by atoms with Crippen LogP contribution in [0.15, 0.2) is 480 Å². The molecule has 7 heterocycles. The van der Waals surface area contributed by atoms with E-state index in [0.29, 0.717) is 0 Å². The predicted octanol–water partition coefficient (Wildman–Crippen LogP) is 35.7. The van der Waals surface area contributed by atoms with Crippen molar-refractivity contribution < 1.29 is 0 Å². The summed E-state index contributed by atoms with van der Waals surface area (Å²) in [6.07, 6.45) is 17.6. The first-order chi connectivity index (χ1) is 72.4. The summed E-state index contributed by atoms with van der Waals surface area (Å²) in [7, 11) is 0. The van der Waals surface area contributed by atoms with Gasteiger partial charge in [0.15, 0.2) is 0 Å². The van der Waals surface area contributed by atoms with Crippen LogP contribution in [-0.4, -0.2) is 29.9 Å². The van der Waals surface area contributed by atoms with Crippen LogP contribution in [0.5, 0.6) is 0 Å². The molecule has 0 amide bonds. The Hall–Kier alpha value is -17.6. The van der Waals surface area contributed by atoms with Gasteiger partial charge in [-0.2, -0.15) is 0 Å². The lowest BCUT2D eigenvalue weighted by Gasteiger charge is -2.18. The average Bonchev–Trinajstić information content (AvgIpc) is 1.65. The molecule has 0 radical (unpaired) electrons. The highest BCUT2D eigenvalue weighted by Gasteiger charge is 2.23. The highest BCUT2D eigenvalue weighted by molar-refractivity contribution is 7.25. The van der Waals surface area contributed by atoms with E-state index >= 15 is 0 Å². The van der Waals surface area contributed by atoms with Gasteiger partial charge in [0.2, 0.25) is 0 Å². The van der Waals surface area contributed by atoms with Gasteiger partial charge in [-0.25, -0.2) is 4.98 Å². The molecule has 7 heteroatoms. The predicted molar refractivity (Wildman–Crippen MR) is 616 cm³/mol. The Morgan fingerprint density at radius 1 is 0.177 bits per heavy atom. The molecule has 0 N–H and O–H groups in total. The van der Waals surface area contributed by atoms with E-state index in [0.717, 1.165) is 197 Å². The Labute approximate surface area is 864 Å². The molecule has 0 fully saturated rings. The van der Waals surface area contributed by atoms with E-state index in [1.54, 1.807) is 0 Å². The van der Waals surface area contributed by atoms with Crippen molar-refractivity contribution in [2.75, 3.05) is 0 Å². The monoisotopic (exact) mass is 1900 g/mol. The van der Waals surface area contributed by atoms with Gasteiger partial charge in [-0.05, 0) is 336 Å². The van der Waals surface area contributed by atoms with E-state index in [4.69, 9.17) is 29.9 Å². The van der Waals surface area contributed by atoms with Gasteiger partial charge in [0.25, 0.3) is 0 Å². The summed E-state index contributed by atoms with van der Waals surface area (Å²) in [5.41, 5.74) is 48.3. The standard InChI is InChI=1S/C140H106N6S/c1-92-69-71-141-135(73-92)109-56-47-97(48-57-109)37-41-101-75-102(78-118(77-101)120-27-12-14-29-122(120)124-63-61-115(137-86-112-23-10-11-24-117(112)91-145-137)84-128(124)113-26-18-25-111(83-113)105-19-6-4-7-20-105)42-38-98-49-58-110(59-50-98)136-82-104(70-72-142-136)76-103-51-68-134-131(81-103)130(106-21-8-5-9-22-106)88-138(146-134)116-62-64-125(129(85-116)114-60-65-127-126-31-16-17-32-139(126)147-140(127)87-114)123-30-15-13-28-121(123)119-79-99(39-35-95-43-52-107(53-44-95)132-66-33-93(2)89-143-132)74-100(80-119)40-36-96-45-54-108(55-46-96)133-67-34-94(3)90-144-133/h4-34,43-75,77-91H,35-42,76H2,1-3H3. The molecule has 0 atom stereocenters. The summed E-state index contributed by atoms with van der Waals surface area (Å²) in [5, 5.41) is 5.95. The SMILES string of the molecule is Cc1ccc(-c2ccc(CCc3cc(CCc4ccc(-c5ccc(C)cn5)cc4)cc(-c4ccccc4-c4ccc(-c5cc(-c6ccccc6)c6cc(Cc7ccnc(-c8ccc(CCc9cc(CCc%10ccc(-c%11cc(C)ccn%11)cc%10)cc(-c%10ccccc%10-c%10ccc(-c%11cc%12ccccc%12cn%11)cc%10-c%10cccc(-c%11ccccc%11)c%10)c9)cc8)c7)ccc6n5)cc4-c4ccc5c(c4)sc4ccccc45)c3)cc2)nc1. The Morgan fingerprint density at radius 2 is 0.599 bits per heavy atom. The molecule has 24 rings (SSSR count). The minimum absolute atomic E-state index is 0.717. The number of thiophene rings is 1. The number of rotatable bonds is 28. The highest BCUT2D eigenvalue weighted by Crippen LogP contribution is 2.48. The summed E-state index contributed by atoms with van der Waals surface area (Å²) in [6.45, 7) is 6.29. The molecule has 0 bridgehead atoms. The molecule has 0 saturated heterocycles. The van der Waals surface area contributed by atoms with Crippen LogP contribution >= 0.6 is 11.3 Å². The molecule has 0 saturated carbocycles. The van der Waals surface area contributed by atoms with Crippen molar-refractivity contribution in [2.24, 2.45) is 0 Å². The molecule has 7 aromatic heterocycles. The second-order valence-electron chi connectivity index (χ2n) is 39.3. The molecule has 0 unspecified atom stereocenters. The van der Waals surface area contributed by atoms with Gasteiger partial charge in [-0.15, -0.1) is 11.3 Å². The normalized spacial score (nSPS) is 11.5. The van der Waals surface area contributed by atoms with E-state index < -0.39 is 0 Å². The summed E-state index contributed by atoms with van der Waals surface area (Å²) < 4.78 is 2.54. The number of aryl methyl sites for hydroxylation is 11. The topological polar surface area (TPSA) is 77.3 Å². The van der Waals surface area contributed by atoms with Crippen LogP contribution in [0.25, 0.3) is 198 Å². The molecule has 0 aliphatic heterocycles. The fraction of sp³-hybridized carbons (Fsp3) is 0.0857. The van der Waals surface area contributed by atoms with Crippen LogP contribution in [0.3, 0.4) is 0 Å². The largest absolute Gasteiger partial charge is 0.256 e. The maximum Gasteiger partial charge on any atom is 0.0716 e. The number of hydrogen-bond acceptors (Lipinski definition) is 7. The molecule has 17 aromatic carbocycles. The summed E-state index contributed by atoms with van der Waals surface area (Å²) >= 11 is 1.86. The second-order valence-corrected chi connectivity index (χ2v) is 40.4. The molecule has 6 nitrogen and oxygen atoms in total. The van der Waals surface area contributed by atoms with Crippen LogP contribution in [0.2, 0.25) is 0 Å². The minimum atomic E-state index is 0.717. The zero-order chi connectivity index (χ0) is 98.5. The van der Waals surface area contributed by atoms with Gasteiger partial charge in [-0.1, -0.05) is 358 Å². The third kappa shape index (κ3) is 20.4. The highest BCUT2D eigenvalue weighted by atomic mass is 32.1. The van der Waals surface area contributed by atoms with Crippen molar-refractivity contribution in [1.29, 1.82) is 0 Å². The maximum atomic E-state index is 5.67. The zero-order valence-corrected chi connectivity index (χ0v) is 83.4. The van der Waals surface area contributed by atoms with Crippen molar-refractivity contribution >= 4 is 53.2 Å². The van der Waals surface area contributed by atoms with Gasteiger partial charge in [0, 0.05) is 95.3 Å². The Balaban J connectivity index is 0.524. The van der Waals surface area contributed by atoms with Crippen molar-refractivity contribution in [1.82, 2.24) is 29.9 Å². The van der Waals surface area contributed by atoms with E-state index in [9.17, 15) is 0 Å². The average molecular weight is 1900 g/mol. The third-order valence-corrected chi connectivity index (χ3v) is 30.3. The number of aromatic nitrogens is 6. The fourth-order valence-electron chi connectivity index (χ4n) is 21.2. The second kappa shape index (κ2) is 41.4. The van der Waals surface area contributed by atoms with Gasteiger partial charge in [0.05, 0.1) is 39.7 Å². The molecule has 0 aliphatic carbocycles. The Kier molecular flexibility index (Phi) is 25.8. The Morgan fingerprint density at radius 3 is 1.16 bits per heavy atom. The molecule has 0 aliphatic rings. The molecule has 24 aromatic rings. The van der Waals surface area contributed by atoms with Gasteiger partial charge >= 0.3 is 0 Å². The van der Waals surface area contributed by atoms with Crippen LogP contribution in [0.4, 0.5) is 0 Å². The van der Waals surface area contributed by atoms with Gasteiger partial charge in [-0.3, -0.25) is 24.9 Å². The summed E-state index contributed by atoms with van der Waals surface area (Å²) in [6, 6.07) is 166. The van der Waals surface area contributed by atoms with E-state index in [-0.39, 0.29) is 0 Å². The molecule has 0 spiro atoms. The first-order valence-electron chi connectivity index (χ1n) is 51.2. The molecular formula is C140H106N6S. The first kappa shape index (κ1) is 91.8. The zero-order valence-electron chi connectivity index (χ0n) is 82.6. The van der Waals surface area contributed by atoms with Crippen molar-refractivity contribution in [3.05, 3.63) is 552 Å². The third-order valence-electron chi connectivity index (χ3n) is 29.1. The van der Waals surface area contributed by atoms with Crippen LogP contribution in [-0.2, 0) is 57.8 Å². The van der Waals surface area contributed by atoms with Crippen molar-refractivity contribution in [3.8, 4) is 157 Å². The molecule has 702 valence electrons. The lowest BCUT2D eigenvalue weighted by atomic mass is 9.86. The van der Waals surface area contributed by atoms with E-state index in [1.165, 1.54) is 131 Å². The fourth-order valence-corrected chi connectivity index (χ4v) is 22.3. The number of pyridine rings is 6. The molecule has 147 heavy (non-hydrogen) atoms. The quantitative estimate of drug-likeness (QED) is 0.0486. The smallest absolute Gasteiger partial charge is 0.0716 e. The summed E-state index contributed by atoms with van der Waals surface area (Å²) in [4.78, 5) is 30.0. The van der Waals surface area contributed by atoms with Gasteiger partial charge < -0.3 is 0 Å². The number of hydrogen-bond donors (Lipinski definition) is 0. The van der Waals surface area contributed by atoms with Crippen LogP contribution in [0, 0.1) is 20.8 Å². The van der Waals surface area contributed by atoms with Gasteiger partial charge in [0.1, 0.15) is 0 Å². The number of nitrogens with zero attached hydrogens (tertiary/aromatic N) is 6. The van der Waals surface area contributed by atoms with Crippen molar-refractivity contribution in [3.63, 3.8) is 0 Å². The van der Waals surface area contributed by atoms with Crippen LogP contribution in [0.1, 0.15) is 72.3 Å². The van der Waals surface area contributed by atoms with E-state index in [1.807, 2.05) is 42.3 Å². The molecular weight excluding hydrogens is 1800 g/mol. The number of fused-ring (bicyclic) bond motifs is 5. The number of benzene rings is 17. The van der Waals surface area contributed by atoms with E-state index in [2.05, 4.69) is 470 Å².